The fraction of sp³-hybridized carbons (Fsp3) is 0.875. The molecule has 1 aliphatic carbocycles. The van der Waals surface area contributed by atoms with Crippen molar-refractivity contribution in [2.24, 2.45) is 11.8 Å². The Hall–Kier alpha value is -0.460. The molecule has 0 unspecified atom stereocenters. The second kappa shape index (κ2) is 9.56. The van der Waals surface area contributed by atoms with E-state index in [1.165, 1.54) is 64.2 Å². The molecule has 1 rings (SSSR count). The summed E-state index contributed by atoms with van der Waals surface area (Å²) in [6.45, 7) is 2.30. The monoisotopic (exact) mass is 238 g/mol. The number of allylic oxidation sites excluding steroid dienone is 1. The lowest BCUT2D eigenvalue weighted by atomic mass is 9.78. The van der Waals surface area contributed by atoms with Crippen LogP contribution in [0.5, 0.6) is 0 Å². The largest absolute Gasteiger partial charge is 0.505 e. The van der Waals surface area contributed by atoms with E-state index in [-0.39, 0.29) is 0 Å². The SMILES string of the molecule is CCCCCC1CCC(CCC=COC)CC1. The van der Waals surface area contributed by atoms with Crippen LogP contribution in [-0.4, -0.2) is 7.11 Å². The van der Waals surface area contributed by atoms with Crippen LogP contribution in [-0.2, 0) is 4.74 Å². The minimum atomic E-state index is 0.985. The van der Waals surface area contributed by atoms with Crippen molar-refractivity contribution < 1.29 is 4.74 Å². The second-order valence-corrected chi connectivity index (χ2v) is 5.57. The predicted octanol–water partition coefficient (Wildman–Crippen LogP) is 5.31. The Labute approximate surface area is 108 Å². The molecule has 1 fully saturated rings. The highest BCUT2D eigenvalue weighted by Crippen LogP contribution is 2.34. The predicted molar refractivity (Wildman–Crippen MR) is 75.0 cm³/mol. The van der Waals surface area contributed by atoms with Crippen LogP contribution in [0.25, 0.3) is 0 Å². The maximum atomic E-state index is 4.92. The molecular weight excluding hydrogens is 208 g/mol. The molecule has 0 N–H and O–H groups in total. The topological polar surface area (TPSA) is 9.23 Å². The number of rotatable bonds is 8. The summed E-state index contributed by atoms with van der Waals surface area (Å²) in [7, 11) is 1.72. The number of ether oxygens (including phenoxy) is 1. The van der Waals surface area contributed by atoms with Crippen molar-refractivity contribution in [2.45, 2.75) is 71.1 Å². The van der Waals surface area contributed by atoms with Crippen LogP contribution in [0.15, 0.2) is 12.3 Å². The first-order valence-electron chi connectivity index (χ1n) is 7.54. The summed E-state index contributed by atoms with van der Waals surface area (Å²) in [6, 6.07) is 0. The van der Waals surface area contributed by atoms with Gasteiger partial charge < -0.3 is 4.74 Å². The Bertz CT molecular complexity index is 190. The molecule has 0 spiro atoms. The third-order valence-corrected chi connectivity index (χ3v) is 4.16. The highest BCUT2D eigenvalue weighted by molar-refractivity contribution is 4.78. The fourth-order valence-electron chi connectivity index (χ4n) is 2.99. The van der Waals surface area contributed by atoms with Gasteiger partial charge in [-0.2, -0.15) is 0 Å². The first kappa shape index (κ1) is 14.6. The van der Waals surface area contributed by atoms with Crippen LogP contribution in [0.3, 0.4) is 0 Å². The van der Waals surface area contributed by atoms with Gasteiger partial charge in [0.2, 0.25) is 0 Å². The van der Waals surface area contributed by atoms with Gasteiger partial charge in [-0.05, 0) is 30.8 Å². The Morgan fingerprint density at radius 3 is 2.24 bits per heavy atom. The van der Waals surface area contributed by atoms with E-state index >= 15 is 0 Å². The highest BCUT2D eigenvalue weighted by Gasteiger charge is 2.19. The highest BCUT2D eigenvalue weighted by atomic mass is 16.5. The molecule has 1 nitrogen and oxygen atoms in total. The molecule has 0 saturated heterocycles. The lowest BCUT2D eigenvalue weighted by Crippen LogP contribution is -2.14. The Morgan fingerprint density at radius 1 is 1.00 bits per heavy atom. The molecule has 1 heteroatoms. The number of methoxy groups -OCH3 is 1. The van der Waals surface area contributed by atoms with Gasteiger partial charge in [-0.1, -0.05) is 58.3 Å². The van der Waals surface area contributed by atoms with Crippen molar-refractivity contribution in [1.82, 2.24) is 0 Å². The molecule has 17 heavy (non-hydrogen) atoms. The molecule has 0 aromatic heterocycles. The van der Waals surface area contributed by atoms with Gasteiger partial charge in [0, 0.05) is 0 Å². The quantitative estimate of drug-likeness (QED) is 0.411. The van der Waals surface area contributed by atoms with Gasteiger partial charge in [0.15, 0.2) is 0 Å². The first-order valence-corrected chi connectivity index (χ1v) is 7.54. The van der Waals surface area contributed by atoms with Gasteiger partial charge in [0.05, 0.1) is 13.4 Å². The van der Waals surface area contributed by atoms with Crippen LogP contribution < -0.4 is 0 Å². The van der Waals surface area contributed by atoms with Gasteiger partial charge >= 0.3 is 0 Å². The van der Waals surface area contributed by atoms with Crippen molar-refractivity contribution >= 4 is 0 Å². The molecule has 0 atom stereocenters. The van der Waals surface area contributed by atoms with Crippen molar-refractivity contribution in [1.29, 1.82) is 0 Å². The number of unbranched alkanes of at least 4 members (excludes halogenated alkanes) is 2. The smallest absolute Gasteiger partial charge is 0.0784 e. The van der Waals surface area contributed by atoms with Gasteiger partial charge in [-0.25, -0.2) is 0 Å². The summed E-state index contributed by atoms with van der Waals surface area (Å²) in [5.74, 6) is 2.03. The summed E-state index contributed by atoms with van der Waals surface area (Å²) in [6.07, 6.45) is 18.2. The standard InChI is InChI=1S/C16H30O/c1-3-4-5-8-15-10-12-16(13-11-15)9-6-7-14-17-2/h7,14-16H,3-6,8-13H2,1-2H3. The van der Waals surface area contributed by atoms with E-state index in [4.69, 9.17) is 4.74 Å². The summed E-state index contributed by atoms with van der Waals surface area (Å²) in [5.41, 5.74) is 0. The van der Waals surface area contributed by atoms with Crippen molar-refractivity contribution in [2.75, 3.05) is 7.11 Å². The average molecular weight is 238 g/mol. The third-order valence-electron chi connectivity index (χ3n) is 4.16. The van der Waals surface area contributed by atoms with E-state index in [2.05, 4.69) is 13.0 Å². The zero-order chi connectivity index (χ0) is 12.3. The molecule has 0 amide bonds. The summed E-state index contributed by atoms with van der Waals surface area (Å²) < 4.78 is 4.92. The maximum Gasteiger partial charge on any atom is 0.0784 e. The molecule has 0 aromatic rings. The van der Waals surface area contributed by atoms with Crippen LogP contribution in [0.2, 0.25) is 0 Å². The van der Waals surface area contributed by atoms with Gasteiger partial charge in [0.1, 0.15) is 0 Å². The van der Waals surface area contributed by atoms with Crippen molar-refractivity contribution in [3.8, 4) is 0 Å². The molecule has 0 radical (unpaired) electrons. The average Bonchev–Trinajstić information content (AvgIpc) is 2.37. The lowest BCUT2D eigenvalue weighted by molar-refractivity contribution is 0.249. The van der Waals surface area contributed by atoms with Crippen molar-refractivity contribution in [3.63, 3.8) is 0 Å². The van der Waals surface area contributed by atoms with E-state index in [9.17, 15) is 0 Å². The van der Waals surface area contributed by atoms with Crippen LogP contribution in [0.4, 0.5) is 0 Å². The minimum Gasteiger partial charge on any atom is -0.505 e. The van der Waals surface area contributed by atoms with E-state index in [1.807, 2.05) is 6.26 Å². The summed E-state index contributed by atoms with van der Waals surface area (Å²) in [4.78, 5) is 0. The van der Waals surface area contributed by atoms with E-state index in [0.29, 0.717) is 0 Å². The number of hydrogen-bond acceptors (Lipinski definition) is 1. The van der Waals surface area contributed by atoms with Crippen LogP contribution in [0, 0.1) is 11.8 Å². The first-order chi connectivity index (χ1) is 8.36. The second-order valence-electron chi connectivity index (χ2n) is 5.57. The van der Waals surface area contributed by atoms with E-state index in [0.717, 1.165) is 11.8 Å². The molecule has 1 aliphatic rings. The Kier molecular flexibility index (Phi) is 8.21. The molecule has 0 bridgehead atoms. The molecule has 1 saturated carbocycles. The maximum absolute atomic E-state index is 4.92. The van der Waals surface area contributed by atoms with Crippen LogP contribution >= 0.6 is 0 Å². The molecule has 0 aliphatic heterocycles. The van der Waals surface area contributed by atoms with Crippen molar-refractivity contribution in [3.05, 3.63) is 12.3 Å². The van der Waals surface area contributed by atoms with E-state index < -0.39 is 0 Å². The molecular formula is C16H30O. The van der Waals surface area contributed by atoms with E-state index in [1.54, 1.807) is 7.11 Å². The Balaban J connectivity index is 2.03. The minimum absolute atomic E-state index is 0.985. The molecule has 0 aromatic carbocycles. The lowest BCUT2D eigenvalue weighted by Gasteiger charge is -2.28. The molecule has 0 heterocycles. The zero-order valence-corrected chi connectivity index (χ0v) is 11.8. The fourth-order valence-corrected chi connectivity index (χ4v) is 2.99. The third kappa shape index (κ3) is 6.75. The molecule has 100 valence electrons. The van der Waals surface area contributed by atoms with Gasteiger partial charge in [-0.15, -0.1) is 0 Å². The van der Waals surface area contributed by atoms with Gasteiger partial charge in [0.25, 0.3) is 0 Å². The zero-order valence-electron chi connectivity index (χ0n) is 11.8. The normalized spacial score (nSPS) is 25.3. The summed E-state index contributed by atoms with van der Waals surface area (Å²) in [5, 5.41) is 0. The van der Waals surface area contributed by atoms with Crippen LogP contribution in [0.1, 0.15) is 71.1 Å². The summed E-state index contributed by atoms with van der Waals surface area (Å²) >= 11 is 0. The Morgan fingerprint density at radius 2 is 1.65 bits per heavy atom. The number of hydrogen-bond donors (Lipinski definition) is 0. The van der Waals surface area contributed by atoms with Gasteiger partial charge in [-0.3, -0.25) is 0 Å².